The highest BCUT2D eigenvalue weighted by Gasteiger charge is 2.19. The molecule has 0 aliphatic rings. The lowest BCUT2D eigenvalue weighted by Crippen LogP contribution is -2.36. The molecule has 0 aliphatic heterocycles. The third kappa shape index (κ3) is 4.87. The molecule has 2 N–H and O–H groups in total. The summed E-state index contributed by atoms with van der Waals surface area (Å²) in [5, 5.41) is 4.42. The third-order valence-electron chi connectivity index (χ3n) is 2.36. The van der Waals surface area contributed by atoms with Crippen molar-refractivity contribution in [1.82, 2.24) is 15.2 Å². The first-order chi connectivity index (χ1) is 8.86. The van der Waals surface area contributed by atoms with Crippen LogP contribution in [0.3, 0.4) is 0 Å². The summed E-state index contributed by atoms with van der Waals surface area (Å²) in [6, 6.07) is 3.79. The van der Waals surface area contributed by atoms with Crippen LogP contribution < -0.4 is 10.1 Å². The normalized spacial score (nSPS) is 12.1. The average Bonchev–Trinajstić information content (AvgIpc) is 2.29. The van der Waals surface area contributed by atoms with Gasteiger partial charge in [-0.05, 0) is 30.7 Å². The van der Waals surface area contributed by atoms with Crippen LogP contribution in [-0.2, 0) is 16.6 Å². The van der Waals surface area contributed by atoms with Crippen LogP contribution in [0.15, 0.2) is 23.1 Å². The zero-order valence-electron chi connectivity index (χ0n) is 11.4. The lowest BCUT2D eigenvalue weighted by molar-refractivity contribution is 0.363. The minimum atomic E-state index is -3.75. The van der Waals surface area contributed by atoms with Crippen molar-refractivity contribution < 1.29 is 12.8 Å². The van der Waals surface area contributed by atoms with E-state index >= 15 is 0 Å². The molecule has 0 unspecified atom stereocenters. The van der Waals surface area contributed by atoms with Crippen LogP contribution in [0.2, 0.25) is 0 Å². The van der Waals surface area contributed by atoms with E-state index in [1.165, 1.54) is 17.1 Å². The summed E-state index contributed by atoms with van der Waals surface area (Å²) in [4.78, 5) is 2.27. The molecule has 1 aromatic rings. The van der Waals surface area contributed by atoms with E-state index < -0.39 is 15.8 Å². The van der Waals surface area contributed by atoms with Crippen LogP contribution in [0, 0.1) is 5.82 Å². The molecule has 0 saturated heterocycles. The van der Waals surface area contributed by atoms with Gasteiger partial charge in [0.25, 0.3) is 10.0 Å². The molecule has 0 aliphatic carbocycles. The van der Waals surface area contributed by atoms with Gasteiger partial charge in [0, 0.05) is 20.6 Å². The monoisotopic (exact) mass is 289 g/mol. The Labute approximate surface area is 113 Å². The summed E-state index contributed by atoms with van der Waals surface area (Å²) in [5.74, 6) is -0.571. The van der Waals surface area contributed by atoms with Crippen molar-refractivity contribution in [3.05, 3.63) is 29.6 Å². The van der Waals surface area contributed by atoms with Crippen LogP contribution in [-0.4, -0.2) is 34.1 Å². The maximum Gasteiger partial charge on any atom is 0.253 e. The highest BCUT2D eigenvalue weighted by atomic mass is 32.2. The Morgan fingerprint density at radius 1 is 1.32 bits per heavy atom. The molecule has 0 radical (unpaired) electrons. The lowest BCUT2D eigenvalue weighted by atomic mass is 10.2. The first kappa shape index (κ1) is 16.0. The van der Waals surface area contributed by atoms with E-state index in [4.69, 9.17) is 0 Å². The van der Waals surface area contributed by atoms with Crippen molar-refractivity contribution in [3.63, 3.8) is 0 Å². The SMILES string of the molecule is CCCNCc1ccc(F)cc1S(=O)(=O)NN(C)C. The van der Waals surface area contributed by atoms with Gasteiger partial charge in [0.2, 0.25) is 0 Å². The quantitative estimate of drug-likeness (QED) is 0.582. The number of rotatable bonds is 7. The number of sulfonamides is 1. The van der Waals surface area contributed by atoms with E-state index in [0.29, 0.717) is 12.1 Å². The highest BCUT2D eigenvalue weighted by molar-refractivity contribution is 7.89. The van der Waals surface area contributed by atoms with Crippen LogP contribution in [0.1, 0.15) is 18.9 Å². The molecule has 0 spiro atoms. The zero-order chi connectivity index (χ0) is 14.5. The predicted molar refractivity (Wildman–Crippen MR) is 72.4 cm³/mol. The molecule has 0 atom stereocenters. The Morgan fingerprint density at radius 3 is 2.58 bits per heavy atom. The second-order valence-corrected chi connectivity index (χ2v) is 6.05. The number of hydrazine groups is 1. The van der Waals surface area contributed by atoms with E-state index in [0.717, 1.165) is 19.0 Å². The Morgan fingerprint density at radius 2 is 2.00 bits per heavy atom. The van der Waals surface area contributed by atoms with Gasteiger partial charge < -0.3 is 5.32 Å². The molecule has 7 heteroatoms. The van der Waals surface area contributed by atoms with Gasteiger partial charge in [-0.3, -0.25) is 0 Å². The second-order valence-electron chi connectivity index (χ2n) is 4.42. The second kappa shape index (κ2) is 6.95. The van der Waals surface area contributed by atoms with Crippen molar-refractivity contribution in [3.8, 4) is 0 Å². The Hall–Kier alpha value is -1.02. The van der Waals surface area contributed by atoms with Gasteiger partial charge in [0.1, 0.15) is 5.82 Å². The van der Waals surface area contributed by atoms with Gasteiger partial charge in [-0.1, -0.05) is 13.0 Å². The summed E-state index contributed by atoms with van der Waals surface area (Å²) in [7, 11) is -0.631. The van der Waals surface area contributed by atoms with Gasteiger partial charge in [-0.25, -0.2) is 17.8 Å². The summed E-state index contributed by atoms with van der Waals surface area (Å²) >= 11 is 0. The van der Waals surface area contributed by atoms with Crippen molar-refractivity contribution in [2.75, 3.05) is 20.6 Å². The van der Waals surface area contributed by atoms with Gasteiger partial charge in [0.05, 0.1) is 4.90 Å². The molecular weight excluding hydrogens is 269 g/mol. The number of hydrogen-bond acceptors (Lipinski definition) is 4. The first-order valence-electron chi connectivity index (χ1n) is 6.05. The van der Waals surface area contributed by atoms with Crippen LogP contribution in [0.4, 0.5) is 4.39 Å². The fourth-order valence-corrected chi connectivity index (χ4v) is 2.95. The van der Waals surface area contributed by atoms with Crippen molar-refractivity contribution in [1.29, 1.82) is 0 Å². The number of halogens is 1. The van der Waals surface area contributed by atoms with Gasteiger partial charge in [-0.2, -0.15) is 0 Å². The molecular formula is C12H20FN3O2S. The molecule has 5 nitrogen and oxygen atoms in total. The standard InChI is InChI=1S/C12H20FN3O2S/c1-4-7-14-9-10-5-6-11(13)8-12(10)19(17,18)15-16(2)3/h5-6,8,14-15H,4,7,9H2,1-3H3. The smallest absolute Gasteiger partial charge is 0.253 e. The van der Waals surface area contributed by atoms with Gasteiger partial charge in [0.15, 0.2) is 0 Å². The Bertz CT molecular complexity index is 518. The fourth-order valence-electron chi connectivity index (χ4n) is 1.61. The third-order valence-corrected chi connectivity index (χ3v) is 3.93. The van der Waals surface area contributed by atoms with Crippen molar-refractivity contribution in [2.45, 2.75) is 24.8 Å². The topological polar surface area (TPSA) is 61.4 Å². The van der Waals surface area contributed by atoms with E-state index in [-0.39, 0.29) is 4.90 Å². The Kier molecular flexibility index (Phi) is 5.86. The molecule has 1 aromatic carbocycles. The molecule has 0 aromatic heterocycles. The van der Waals surface area contributed by atoms with Crippen LogP contribution >= 0.6 is 0 Å². The zero-order valence-corrected chi connectivity index (χ0v) is 12.2. The van der Waals surface area contributed by atoms with Crippen molar-refractivity contribution in [2.24, 2.45) is 0 Å². The average molecular weight is 289 g/mol. The summed E-state index contributed by atoms with van der Waals surface area (Å²) < 4.78 is 37.5. The molecule has 0 bridgehead atoms. The molecule has 1 rings (SSSR count). The van der Waals surface area contributed by atoms with E-state index in [1.807, 2.05) is 6.92 Å². The van der Waals surface area contributed by atoms with Gasteiger partial charge in [-0.15, -0.1) is 4.83 Å². The summed E-state index contributed by atoms with van der Waals surface area (Å²) in [6.45, 7) is 3.18. The van der Waals surface area contributed by atoms with Gasteiger partial charge >= 0.3 is 0 Å². The summed E-state index contributed by atoms with van der Waals surface area (Å²) in [5.41, 5.74) is 0.546. The highest BCUT2D eigenvalue weighted by Crippen LogP contribution is 2.17. The number of nitrogens with one attached hydrogen (secondary N) is 2. The van der Waals surface area contributed by atoms with E-state index in [9.17, 15) is 12.8 Å². The van der Waals surface area contributed by atoms with Crippen molar-refractivity contribution >= 4 is 10.0 Å². The molecule has 0 saturated carbocycles. The molecule has 0 amide bonds. The Balaban J connectivity index is 3.06. The van der Waals surface area contributed by atoms with E-state index in [1.54, 1.807) is 14.1 Å². The van der Waals surface area contributed by atoms with E-state index in [2.05, 4.69) is 10.1 Å². The number of benzene rings is 1. The summed E-state index contributed by atoms with van der Waals surface area (Å²) in [6.07, 6.45) is 0.944. The molecule has 0 heterocycles. The maximum absolute atomic E-state index is 13.3. The van der Waals surface area contributed by atoms with Crippen LogP contribution in [0.5, 0.6) is 0 Å². The minimum absolute atomic E-state index is 0.0372. The predicted octanol–water partition coefficient (Wildman–Crippen LogP) is 1.08. The minimum Gasteiger partial charge on any atom is -0.313 e. The molecule has 0 fully saturated rings. The first-order valence-corrected chi connectivity index (χ1v) is 7.54. The maximum atomic E-state index is 13.3. The lowest BCUT2D eigenvalue weighted by Gasteiger charge is -2.15. The largest absolute Gasteiger partial charge is 0.313 e. The van der Waals surface area contributed by atoms with Crippen LogP contribution in [0.25, 0.3) is 0 Å². The molecule has 19 heavy (non-hydrogen) atoms. The number of nitrogens with zero attached hydrogens (tertiary/aromatic N) is 1. The number of hydrogen-bond donors (Lipinski definition) is 2. The molecule has 108 valence electrons. The fraction of sp³-hybridized carbons (Fsp3) is 0.500.